The van der Waals surface area contributed by atoms with Crippen molar-refractivity contribution < 1.29 is 13.3 Å². The zero-order valence-corrected chi connectivity index (χ0v) is 10.2. The number of nitrogens with one attached hydrogen (secondary N) is 1. The van der Waals surface area contributed by atoms with E-state index in [2.05, 4.69) is 4.72 Å². The van der Waals surface area contributed by atoms with Crippen LogP contribution < -0.4 is 10.5 Å². The zero-order chi connectivity index (χ0) is 13.1. The molecule has 94 valence electrons. The Bertz CT molecular complexity index is 532. The molecule has 0 heterocycles. The minimum atomic E-state index is -3.95. The highest BCUT2D eigenvalue weighted by molar-refractivity contribution is 7.89. The van der Waals surface area contributed by atoms with Gasteiger partial charge in [0.05, 0.1) is 4.92 Å². The minimum Gasteiger partial charge on any atom is -0.329 e. The fraction of sp³-hybridized carbons (Fsp3) is 0.250. The van der Waals surface area contributed by atoms with Crippen LogP contribution in [0.2, 0.25) is 5.02 Å². The predicted molar refractivity (Wildman–Crippen MR) is 62.3 cm³/mol. The number of nitrogens with two attached hydrogens (primary N) is 1. The van der Waals surface area contributed by atoms with Gasteiger partial charge in [0.2, 0.25) is 10.0 Å². The number of nitro groups is 1. The zero-order valence-electron chi connectivity index (χ0n) is 8.59. The van der Waals surface area contributed by atoms with Crippen molar-refractivity contribution in [2.75, 3.05) is 13.1 Å². The smallest absolute Gasteiger partial charge is 0.290 e. The van der Waals surface area contributed by atoms with Crippen LogP contribution in [0.25, 0.3) is 0 Å². The Morgan fingerprint density at radius 3 is 2.65 bits per heavy atom. The maximum atomic E-state index is 11.7. The van der Waals surface area contributed by atoms with Crippen molar-refractivity contribution in [1.29, 1.82) is 0 Å². The highest BCUT2D eigenvalue weighted by Crippen LogP contribution is 2.26. The average Bonchev–Trinajstić information content (AvgIpc) is 2.26. The van der Waals surface area contributed by atoms with Crippen LogP contribution in [0.3, 0.4) is 0 Å². The highest BCUT2D eigenvalue weighted by Gasteiger charge is 2.25. The summed E-state index contributed by atoms with van der Waals surface area (Å²) in [5.74, 6) is 0. The maximum Gasteiger partial charge on any atom is 0.290 e. The third-order valence-corrected chi connectivity index (χ3v) is 3.59. The van der Waals surface area contributed by atoms with Crippen molar-refractivity contribution in [2.45, 2.75) is 4.90 Å². The van der Waals surface area contributed by atoms with Crippen molar-refractivity contribution in [3.05, 3.63) is 33.3 Å². The van der Waals surface area contributed by atoms with Crippen LogP contribution in [0.1, 0.15) is 0 Å². The Hall–Kier alpha value is -1.22. The van der Waals surface area contributed by atoms with Crippen molar-refractivity contribution in [1.82, 2.24) is 4.72 Å². The number of hydrogen-bond acceptors (Lipinski definition) is 5. The Morgan fingerprint density at radius 1 is 1.47 bits per heavy atom. The lowest BCUT2D eigenvalue weighted by Crippen LogP contribution is -2.29. The van der Waals surface area contributed by atoms with E-state index in [4.69, 9.17) is 17.3 Å². The molecule has 3 N–H and O–H groups in total. The Morgan fingerprint density at radius 2 is 2.12 bits per heavy atom. The number of sulfonamides is 1. The number of rotatable bonds is 5. The molecule has 0 amide bonds. The summed E-state index contributed by atoms with van der Waals surface area (Å²) >= 11 is 5.58. The third kappa shape index (κ3) is 3.37. The molecule has 0 aliphatic heterocycles. The lowest BCUT2D eigenvalue weighted by Gasteiger charge is -2.06. The topological polar surface area (TPSA) is 115 Å². The largest absolute Gasteiger partial charge is 0.329 e. The van der Waals surface area contributed by atoms with Crippen LogP contribution >= 0.6 is 11.6 Å². The lowest BCUT2D eigenvalue weighted by molar-refractivity contribution is -0.387. The fourth-order valence-corrected chi connectivity index (χ4v) is 2.50. The van der Waals surface area contributed by atoms with Crippen molar-refractivity contribution in [3.8, 4) is 0 Å². The van der Waals surface area contributed by atoms with Gasteiger partial charge < -0.3 is 5.73 Å². The second-order valence-corrected chi connectivity index (χ2v) is 5.23. The predicted octanol–water partition coefficient (Wildman–Crippen LogP) is 0.485. The van der Waals surface area contributed by atoms with E-state index in [-0.39, 0.29) is 18.1 Å². The van der Waals surface area contributed by atoms with Crippen LogP contribution in [0.4, 0.5) is 5.69 Å². The van der Waals surface area contributed by atoms with Gasteiger partial charge in [-0.05, 0) is 12.1 Å². The second kappa shape index (κ2) is 5.41. The van der Waals surface area contributed by atoms with Gasteiger partial charge in [0.1, 0.15) is 0 Å². The second-order valence-electron chi connectivity index (χ2n) is 3.06. The van der Waals surface area contributed by atoms with E-state index in [1.54, 1.807) is 0 Å². The summed E-state index contributed by atoms with van der Waals surface area (Å²) in [6, 6.07) is 3.34. The van der Waals surface area contributed by atoms with E-state index in [1.165, 1.54) is 6.07 Å². The molecule has 1 rings (SSSR count). The van der Waals surface area contributed by atoms with Crippen molar-refractivity contribution in [3.63, 3.8) is 0 Å². The molecular weight excluding hydrogens is 270 g/mol. The number of nitro benzene ring substituents is 1. The molecule has 0 saturated heterocycles. The van der Waals surface area contributed by atoms with Gasteiger partial charge in [-0.25, -0.2) is 13.1 Å². The summed E-state index contributed by atoms with van der Waals surface area (Å²) in [7, 11) is -3.95. The van der Waals surface area contributed by atoms with E-state index in [0.29, 0.717) is 0 Å². The summed E-state index contributed by atoms with van der Waals surface area (Å²) in [6.07, 6.45) is 0. The van der Waals surface area contributed by atoms with Crippen molar-refractivity contribution >= 4 is 27.3 Å². The van der Waals surface area contributed by atoms with Gasteiger partial charge in [0.25, 0.3) is 5.69 Å². The van der Waals surface area contributed by atoms with E-state index in [1.807, 2.05) is 0 Å². The van der Waals surface area contributed by atoms with Gasteiger partial charge in [-0.15, -0.1) is 0 Å². The molecular formula is C8H10ClN3O4S. The molecule has 0 saturated carbocycles. The van der Waals surface area contributed by atoms with Gasteiger partial charge in [0, 0.05) is 24.2 Å². The van der Waals surface area contributed by atoms with Crippen LogP contribution in [-0.4, -0.2) is 26.4 Å². The Labute approximate surface area is 103 Å². The maximum absolute atomic E-state index is 11.7. The van der Waals surface area contributed by atoms with E-state index in [0.717, 1.165) is 12.1 Å². The molecule has 0 aliphatic rings. The lowest BCUT2D eigenvalue weighted by atomic mass is 10.3. The molecule has 0 aliphatic carbocycles. The van der Waals surface area contributed by atoms with E-state index < -0.39 is 25.5 Å². The average molecular weight is 280 g/mol. The molecule has 0 spiro atoms. The van der Waals surface area contributed by atoms with Gasteiger partial charge in [-0.3, -0.25) is 10.1 Å². The molecule has 0 radical (unpaired) electrons. The molecule has 9 heteroatoms. The normalized spacial score (nSPS) is 11.4. The molecule has 0 atom stereocenters. The monoisotopic (exact) mass is 279 g/mol. The van der Waals surface area contributed by atoms with Crippen molar-refractivity contribution in [2.24, 2.45) is 5.73 Å². The molecule has 1 aromatic carbocycles. The first-order chi connectivity index (χ1) is 7.88. The first kappa shape index (κ1) is 13.8. The Kier molecular flexibility index (Phi) is 4.40. The number of halogens is 1. The Balaban J connectivity index is 3.26. The molecule has 0 bridgehead atoms. The summed E-state index contributed by atoms with van der Waals surface area (Å²) in [4.78, 5) is 9.49. The first-order valence-electron chi connectivity index (χ1n) is 4.52. The molecule has 0 aromatic heterocycles. The van der Waals surface area contributed by atoms with Gasteiger partial charge in [-0.1, -0.05) is 11.6 Å². The third-order valence-electron chi connectivity index (χ3n) is 1.84. The van der Waals surface area contributed by atoms with Gasteiger partial charge in [-0.2, -0.15) is 0 Å². The van der Waals surface area contributed by atoms with Crippen LogP contribution in [0.5, 0.6) is 0 Å². The molecule has 1 aromatic rings. The standard InChI is InChI=1S/C8H10ClN3O4S/c9-6-1-2-8(7(5-6)12(13)14)17(15,16)11-4-3-10/h1-2,5,11H,3-4,10H2. The van der Waals surface area contributed by atoms with E-state index in [9.17, 15) is 18.5 Å². The quantitative estimate of drug-likeness (QED) is 0.601. The first-order valence-corrected chi connectivity index (χ1v) is 6.38. The molecule has 0 unspecified atom stereocenters. The summed E-state index contributed by atoms with van der Waals surface area (Å²) in [5, 5.41) is 10.8. The van der Waals surface area contributed by atoms with Crippen LogP contribution in [-0.2, 0) is 10.0 Å². The van der Waals surface area contributed by atoms with Crippen LogP contribution in [0, 0.1) is 10.1 Å². The number of benzene rings is 1. The summed E-state index contributed by atoms with van der Waals surface area (Å²) in [5.41, 5.74) is 4.59. The number of hydrogen-bond donors (Lipinski definition) is 2. The van der Waals surface area contributed by atoms with Gasteiger partial charge in [0.15, 0.2) is 4.90 Å². The highest BCUT2D eigenvalue weighted by atomic mass is 35.5. The fourth-order valence-electron chi connectivity index (χ4n) is 1.13. The molecule has 7 nitrogen and oxygen atoms in total. The minimum absolute atomic E-state index is 0.00210. The molecule has 17 heavy (non-hydrogen) atoms. The van der Waals surface area contributed by atoms with Gasteiger partial charge >= 0.3 is 0 Å². The summed E-state index contributed by atoms with van der Waals surface area (Å²) < 4.78 is 25.6. The summed E-state index contributed by atoms with van der Waals surface area (Å²) in [6.45, 7) is 0.0999. The SMILES string of the molecule is NCCNS(=O)(=O)c1ccc(Cl)cc1[N+](=O)[O-]. The molecule has 0 fully saturated rings. The van der Waals surface area contributed by atoms with E-state index >= 15 is 0 Å². The van der Waals surface area contributed by atoms with Crippen LogP contribution in [0.15, 0.2) is 23.1 Å². The number of nitrogens with zero attached hydrogens (tertiary/aromatic N) is 1.